The van der Waals surface area contributed by atoms with Gasteiger partial charge in [0.2, 0.25) is 0 Å². The van der Waals surface area contributed by atoms with Gasteiger partial charge in [-0.05, 0) is 42.0 Å². The SMILES string of the molecule is Cc1[nH]nc2c1C1=C(C(=O)CC(C)(C)C1)[C@@H](c1ccc(O)cc1)N2. The van der Waals surface area contributed by atoms with Crippen LogP contribution in [0.5, 0.6) is 5.75 Å². The largest absolute Gasteiger partial charge is 0.508 e. The third kappa shape index (κ3) is 2.23. The second-order valence-electron chi connectivity index (χ2n) is 7.57. The van der Waals surface area contributed by atoms with E-state index in [1.54, 1.807) is 12.1 Å². The molecule has 2 heterocycles. The number of H-pyrrole nitrogens is 1. The average molecular weight is 323 g/mol. The highest BCUT2D eigenvalue weighted by atomic mass is 16.3. The first kappa shape index (κ1) is 15.0. The van der Waals surface area contributed by atoms with Crippen LogP contribution < -0.4 is 5.32 Å². The summed E-state index contributed by atoms with van der Waals surface area (Å²) < 4.78 is 0. The Balaban J connectivity index is 1.92. The number of nitrogens with one attached hydrogen (secondary N) is 2. The zero-order valence-corrected chi connectivity index (χ0v) is 14.1. The van der Waals surface area contributed by atoms with Crippen LogP contribution in [0, 0.1) is 12.3 Å². The second-order valence-corrected chi connectivity index (χ2v) is 7.57. The zero-order chi connectivity index (χ0) is 17.1. The van der Waals surface area contributed by atoms with Crippen molar-refractivity contribution >= 4 is 17.2 Å². The van der Waals surface area contributed by atoms with Gasteiger partial charge in [-0.15, -0.1) is 0 Å². The lowest BCUT2D eigenvalue weighted by Crippen LogP contribution is -2.33. The molecule has 0 fully saturated rings. The molecule has 5 heteroatoms. The summed E-state index contributed by atoms with van der Waals surface area (Å²) in [5.41, 5.74) is 4.89. The Bertz CT molecular complexity index is 859. The van der Waals surface area contributed by atoms with Gasteiger partial charge in [-0.2, -0.15) is 5.10 Å². The lowest BCUT2D eigenvalue weighted by molar-refractivity contribution is -0.118. The molecule has 1 aliphatic carbocycles. The number of Topliss-reactive ketones (excluding diaryl/α,β-unsaturated/α-hetero) is 1. The molecular weight excluding hydrogens is 302 g/mol. The monoisotopic (exact) mass is 323 g/mol. The van der Waals surface area contributed by atoms with Gasteiger partial charge in [0.15, 0.2) is 11.6 Å². The third-order valence-electron chi connectivity index (χ3n) is 4.97. The molecular formula is C19H21N3O2. The minimum Gasteiger partial charge on any atom is -0.508 e. The van der Waals surface area contributed by atoms with Crippen LogP contribution in [0.2, 0.25) is 0 Å². The summed E-state index contributed by atoms with van der Waals surface area (Å²) in [7, 11) is 0. The number of rotatable bonds is 1. The number of allylic oxidation sites excluding steroid dienone is 1. The second kappa shape index (κ2) is 4.97. The number of aromatic hydroxyl groups is 1. The van der Waals surface area contributed by atoms with Gasteiger partial charge < -0.3 is 10.4 Å². The van der Waals surface area contributed by atoms with Crippen molar-refractivity contribution in [2.45, 2.75) is 39.7 Å². The molecule has 1 aromatic carbocycles. The van der Waals surface area contributed by atoms with E-state index in [0.717, 1.165) is 40.2 Å². The number of fused-ring (bicyclic) bond motifs is 2. The fourth-order valence-electron chi connectivity index (χ4n) is 3.92. The van der Waals surface area contributed by atoms with Crippen molar-refractivity contribution in [1.29, 1.82) is 0 Å². The van der Waals surface area contributed by atoms with Crippen molar-refractivity contribution in [2.24, 2.45) is 5.41 Å². The number of nitrogens with zero attached hydrogens (tertiary/aromatic N) is 1. The molecule has 1 aromatic heterocycles. The van der Waals surface area contributed by atoms with Gasteiger partial charge in [0.05, 0.1) is 6.04 Å². The lowest BCUT2D eigenvalue weighted by atomic mass is 9.68. The van der Waals surface area contributed by atoms with E-state index in [-0.39, 0.29) is 23.0 Å². The van der Waals surface area contributed by atoms with Gasteiger partial charge in [-0.25, -0.2) is 0 Å². The van der Waals surface area contributed by atoms with Crippen LogP contribution in [0.3, 0.4) is 0 Å². The van der Waals surface area contributed by atoms with Gasteiger partial charge in [0.1, 0.15) is 5.75 Å². The molecule has 2 aromatic rings. The van der Waals surface area contributed by atoms with Crippen molar-refractivity contribution in [3.63, 3.8) is 0 Å². The highest BCUT2D eigenvalue weighted by Crippen LogP contribution is 2.50. The van der Waals surface area contributed by atoms with Crippen LogP contribution in [-0.4, -0.2) is 21.1 Å². The van der Waals surface area contributed by atoms with Gasteiger partial charge in [-0.1, -0.05) is 26.0 Å². The molecule has 0 unspecified atom stereocenters. The Labute approximate surface area is 140 Å². The topological polar surface area (TPSA) is 78.0 Å². The first-order valence-electron chi connectivity index (χ1n) is 8.23. The van der Waals surface area contributed by atoms with E-state index in [9.17, 15) is 9.90 Å². The van der Waals surface area contributed by atoms with Gasteiger partial charge >= 0.3 is 0 Å². The van der Waals surface area contributed by atoms with Crippen LogP contribution in [0.15, 0.2) is 29.8 Å². The Hall–Kier alpha value is -2.56. The molecule has 1 aliphatic heterocycles. The fraction of sp³-hybridized carbons (Fsp3) is 0.368. The molecule has 4 rings (SSSR count). The molecule has 0 spiro atoms. The molecule has 0 radical (unpaired) electrons. The summed E-state index contributed by atoms with van der Waals surface area (Å²) in [5.74, 6) is 1.21. The Morgan fingerprint density at radius 1 is 1.21 bits per heavy atom. The standard InChI is InChI=1S/C19H21N3O2/c1-10-15-13-8-19(2,3)9-14(24)16(13)17(20-18(15)22-21-10)11-4-6-12(23)7-5-11/h4-7,17,23H,8-9H2,1-3H3,(H2,20,21,22)/t17-/m1/s1. The molecule has 3 N–H and O–H groups in total. The maximum Gasteiger partial charge on any atom is 0.162 e. The zero-order valence-electron chi connectivity index (χ0n) is 14.1. The predicted molar refractivity (Wildman–Crippen MR) is 92.7 cm³/mol. The van der Waals surface area contributed by atoms with Gasteiger partial charge in [0.25, 0.3) is 0 Å². The highest BCUT2D eigenvalue weighted by molar-refractivity contribution is 6.08. The summed E-state index contributed by atoms with van der Waals surface area (Å²) in [6, 6.07) is 6.79. The Morgan fingerprint density at radius 2 is 1.92 bits per heavy atom. The summed E-state index contributed by atoms with van der Waals surface area (Å²) in [6.07, 6.45) is 1.41. The van der Waals surface area contributed by atoms with Crippen molar-refractivity contribution in [2.75, 3.05) is 5.32 Å². The molecule has 1 atom stereocenters. The van der Waals surface area contributed by atoms with E-state index >= 15 is 0 Å². The number of anilines is 1. The highest BCUT2D eigenvalue weighted by Gasteiger charge is 2.41. The van der Waals surface area contributed by atoms with Crippen LogP contribution in [0.25, 0.3) is 5.57 Å². The van der Waals surface area contributed by atoms with Crippen molar-refractivity contribution in [1.82, 2.24) is 10.2 Å². The maximum absolute atomic E-state index is 13.0. The summed E-state index contributed by atoms with van der Waals surface area (Å²) in [6.45, 7) is 6.27. The molecule has 0 saturated carbocycles. The van der Waals surface area contributed by atoms with Crippen molar-refractivity contribution in [3.05, 3.63) is 46.7 Å². The molecule has 2 aliphatic rings. The molecule has 124 valence electrons. The molecule has 24 heavy (non-hydrogen) atoms. The van der Waals surface area contributed by atoms with Crippen LogP contribution in [0.1, 0.15) is 49.6 Å². The number of aromatic nitrogens is 2. The predicted octanol–water partition coefficient (Wildman–Crippen LogP) is 3.73. The van der Waals surface area contributed by atoms with Gasteiger partial charge in [0, 0.05) is 23.3 Å². The number of phenols is 1. The van der Waals surface area contributed by atoms with E-state index in [1.165, 1.54) is 0 Å². The van der Waals surface area contributed by atoms with Gasteiger partial charge in [-0.3, -0.25) is 9.89 Å². The maximum atomic E-state index is 13.0. The lowest BCUT2D eigenvalue weighted by Gasteiger charge is -2.38. The van der Waals surface area contributed by atoms with E-state index in [0.29, 0.717) is 6.42 Å². The molecule has 0 amide bonds. The smallest absolute Gasteiger partial charge is 0.162 e. The average Bonchev–Trinajstić information content (AvgIpc) is 2.87. The number of aromatic amines is 1. The number of carbonyl (C=O) groups excluding carboxylic acids is 1. The number of benzene rings is 1. The number of phenolic OH excluding ortho intramolecular Hbond substituents is 1. The number of ketones is 1. The first-order valence-corrected chi connectivity index (χ1v) is 8.23. The number of hydrogen-bond donors (Lipinski definition) is 3. The molecule has 0 saturated heterocycles. The Kier molecular flexibility index (Phi) is 3.10. The molecule has 0 bridgehead atoms. The number of carbonyl (C=O) groups is 1. The Morgan fingerprint density at radius 3 is 2.62 bits per heavy atom. The summed E-state index contributed by atoms with van der Waals surface area (Å²) in [4.78, 5) is 13.0. The van der Waals surface area contributed by atoms with Crippen molar-refractivity contribution in [3.8, 4) is 5.75 Å². The number of hydrogen-bond acceptors (Lipinski definition) is 4. The third-order valence-corrected chi connectivity index (χ3v) is 4.97. The van der Waals surface area contributed by atoms with E-state index in [4.69, 9.17) is 0 Å². The van der Waals surface area contributed by atoms with Crippen LogP contribution >= 0.6 is 0 Å². The minimum absolute atomic E-state index is 0.0479. The van der Waals surface area contributed by atoms with Crippen LogP contribution in [0.4, 0.5) is 5.82 Å². The normalized spacial score (nSPS) is 22.0. The van der Waals surface area contributed by atoms with E-state index < -0.39 is 0 Å². The van der Waals surface area contributed by atoms with E-state index in [2.05, 4.69) is 29.4 Å². The summed E-state index contributed by atoms with van der Waals surface area (Å²) >= 11 is 0. The minimum atomic E-state index is -0.223. The van der Waals surface area contributed by atoms with Crippen molar-refractivity contribution < 1.29 is 9.90 Å². The first-order chi connectivity index (χ1) is 11.4. The van der Waals surface area contributed by atoms with Crippen LogP contribution in [-0.2, 0) is 4.79 Å². The quantitative estimate of drug-likeness (QED) is 0.747. The summed E-state index contributed by atoms with van der Waals surface area (Å²) in [5, 5.41) is 20.4. The van der Waals surface area contributed by atoms with E-state index in [1.807, 2.05) is 19.1 Å². The number of aryl methyl sites for hydroxylation is 1. The fourth-order valence-corrected chi connectivity index (χ4v) is 3.92. The molecule has 5 nitrogen and oxygen atoms in total.